The van der Waals surface area contributed by atoms with Gasteiger partial charge in [-0.3, -0.25) is 4.79 Å². The predicted molar refractivity (Wildman–Crippen MR) is 98.4 cm³/mol. The van der Waals surface area contributed by atoms with E-state index in [0.29, 0.717) is 17.1 Å². The van der Waals surface area contributed by atoms with E-state index in [0.717, 1.165) is 10.9 Å². The van der Waals surface area contributed by atoms with E-state index in [4.69, 9.17) is 9.47 Å². The van der Waals surface area contributed by atoms with Gasteiger partial charge in [-0.05, 0) is 54.3 Å². The fourth-order valence-electron chi connectivity index (χ4n) is 3.78. The van der Waals surface area contributed by atoms with Crippen LogP contribution < -0.4 is 9.47 Å². The number of ketones is 1. The van der Waals surface area contributed by atoms with Gasteiger partial charge in [0.15, 0.2) is 17.3 Å². The normalized spacial score (nSPS) is 20.9. The van der Waals surface area contributed by atoms with E-state index in [-0.39, 0.29) is 24.4 Å². The molecular weight excluding hydrogens is 382 g/mol. The maximum Gasteiger partial charge on any atom is 0.231 e. The van der Waals surface area contributed by atoms with Crippen molar-refractivity contribution < 1.29 is 14.3 Å². The van der Waals surface area contributed by atoms with Gasteiger partial charge in [0.1, 0.15) is 0 Å². The molecule has 1 aliphatic heterocycles. The molecule has 0 bridgehead atoms. The Kier molecular flexibility index (Phi) is 3.22. The van der Waals surface area contributed by atoms with Crippen LogP contribution in [-0.2, 0) is 7.05 Å². The van der Waals surface area contributed by atoms with Crippen LogP contribution in [0.2, 0.25) is 0 Å². The average Bonchev–Trinajstić information content (AvgIpc) is 3.14. The Morgan fingerprint density at radius 2 is 2.00 bits per heavy atom. The van der Waals surface area contributed by atoms with Gasteiger partial charge < -0.3 is 14.0 Å². The summed E-state index contributed by atoms with van der Waals surface area (Å²) in [6.45, 7) is 0.226. The van der Waals surface area contributed by atoms with Crippen LogP contribution in [0.15, 0.2) is 47.1 Å². The van der Waals surface area contributed by atoms with Gasteiger partial charge in [0.2, 0.25) is 6.79 Å². The Labute approximate surface area is 153 Å². The Morgan fingerprint density at radius 3 is 2.88 bits per heavy atom. The molecule has 4 nitrogen and oxygen atoms in total. The van der Waals surface area contributed by atoms with Gasteiger partial charge in [-0.25, -0.2) is 0 Å². The number of aromatic nitrogens is 1. The van der Waals surface area contributed by atoms with Crippen molar-refractivity contribution >= 4 is 32.6 Å². The molecular formula is C20H16BrNO3. The second kappa shape index (κ2) is 5.36. The first-order chi connectivity index (χ1) is 12.1. The van der Waals surface area contributed by atoms with Crippen molar-refractivity contribution in [1.82, 2.24) is 4.57 Å². The molecule has 0 saturated heterocycles. The minimum Gasteiger partial charge on any atom is -0.454 e. The highest BCUT2D eigenvalue weighted by molar-refractivity contribution is 9.10. The molecule has 0 spiro atoms. The van der Waals surface area contributed by atoms with Crippen molar-refractivity contribution in [2.45, 2.75) is 12.3 Å². The van der Waals surface area contributed by atoms with E-state index < -0.39 is 0 Å². The molecule has 5 heteroatoms. The number of aryl methyl sites for hydroxylation is 1. The largest absolute Gasteiger partial charge is 0.454 e. The first-order valence-corrected chi connectivity index (χ1v) is 9.09. The van der Waals surface area contributed by atoms with E-state index in [9.17, 15) is 4.79 Å². The molecule has 5 rings (SSSR count). The van der Waals surface area contributed by atoms with Crippen molar-refractivity contribution in [3.8, 4) is 11.5 Å². The molecule has 0 unspecified atom stereocenters. The van der Waals surface area contributed by atoms with Gasteiger partial charge in [0.25, 0.3) is 0 Å². The SMILES string of the molecule is Cn1cc([C@H]2C[C@@H]2C(=O)c2ccc3c(c2)OCO3)c2cc(Br)ccc21. The first kappa shape index (κ1) is 15.0. The van der Waals surface area contributed by atoms with Crippen LogP contribution in [0.3, 0.4) is 0 Å². The van der Waals surface area contributed by atoms with Crippen LogP contribution in [0, 0.1) is 5.92 Å². The van der Waals surface area contributed by atoms with Gasteiger partial charge in [-0.2, -0.15) is 0 Å². The lowest BCUT2D eigenvalue weighted by molar-refractivity contribution is 0.0965. The fourth-order valence-corrected chi connectivity index (χ4v) is 4.14. The number of hydrogen-bond donors (Lipinski definition) is 0. The van der Waals surface area contributed by atoms with Crippen molar-refractivity contribution in [2.24, 2.45) is 13.0 Å². The van der Waals surface area contributed by atoms with Gasteiger partial charge >= 0.3 is 0 Å². The molecule has 3 aromatic rings. The number of benzene rings is 2. The van der Waals surface area contributed by atoms with Crippen LogP contribution in [0.25, 0.3) is 10.9 Å². The summed E-state index contributed by atoms with van der Waals surface area (Å²) in [4.78, 5) is 12.9. The third kappa shape index (κ3) is 2.37. The van der Waals surface area contributed by atoms with E-state index in [1.54, 1.807) is 6.07 Å². The van der Waals surface area contributed by atoms with Gasteiger partial charge in [-0.15, -0.1) is 0 Å². The highest BCUT2D eigenvalue weighted by Crippen LogP contribution is 2.52. The Hall–Kier alpha value is -2.27. The summed E-state index contributed by atoms with van der Waals surface area (Å²) in [6, 6.07) is 11.8. The summed E-state index contributed by atoms with van der Waals surface area (Å²) in [7, 11) is 2.05. The second-order valence-corrected chi connectivity index (χ2v) is 7.65. The molecule has 0 N–H and O–H groups in total. The fraction of sp³-hybridized carbons (Fsp3) is 0.250. The second-order valence-electron chi connectivity index (χ2n) is 6.74. The maximum atomic E-state index is 12.9. The number of nitrogens with zero attached hydrogens (tertiary/aromatic N) is 1. The number of fused-ring (bicyclic) bond motifs is 2. The lowest BCUT2D eigenvalue weighted by atomic mass is 10.0. The minimum absolute atomic E-state index is 0.0463. The smallest absolute Gasteiger partial charge is 0.231 e. The molecule has 1 saturated carbocycles. The third-order valence-corrected chi connectivity index (χ3v) is 5.66. The van der Waals surface area contributed by atoms with Crippen LogP contribution in [-0.4, -0.2) is 17.1 Å². The van der Waals surface area contributed by atoms with Crippen molar-refractivity contribution in [1.29, 1.82) is 0 Å². The van der Waals surface area contributed by atoms with Crippen LogP contribution in [0.1, 0.15) is 28.3 Å². The monoisotopic (exact) mass is 397 g/mol. The molecule has 2 aliphatic rings. The van der Waals surface area contributed by atoms with Crippen molar-refractivity contribution in [2.75, 3.05) is 6.79 Å². The quantitative estimate of drug-likeness (QED) is 0.603. The summed E-state index contributed by atoms with van der Waals surface area (Å²) in [5, 5.41) is 1.22. The van der Waals surface area contributed by atoms with E-state index in [1.165, 1.54) is 16.5 Å². The molecule has 25 heavy (non-hydrogen) atoms. The summed E-state index contributed by atoms with van der Waals surface area (Å²) in [5.74, 6) is 1.90. The number of hydrogen-bond acceptors (Lipinski definition) is 3. The van der Waals surface area contributed by atoms with Gasteiger partial charge in [0, 0.05) is 40.1 Å². The molecule has 1 fully saturated rings. The molecule has 1 aromatic heterocycles. The zero-order valence-electron chi connectivity index (χ0n) is 13.7. The zero-order valence-corrected chi connectivity index (χ0v) is 15.2. The molecule has 0 amide bonds. The maximum absolute atomic E-state index is 12.9. The molecule has 1 aliphatic carbocycles. The molecule has 2 aromatic carbocycles. The third-order valence-electron chi connectivity index (χ3n) is 5.17. The summed E-state index contributed by atoms with van der Waals surface area (Å²) >= 11 is 3.55. The van der Waals surface area contributed by atoms with Crippen molar-refractivity contribution in [3.63, 3.8) is 0 Å². The number of halogens is 1. The Morgan fingerprint density at radius 1 is 1.16 bits per heavy atom. The number of carbonyl (C=O) groups is 1. The minimum atomic E-state index is 0.0463. The average molecular weight is 398 g/mol. The van der Waals surface area contributed by atoms with Crippen LogP contribution in [0.5, 0.6) is 11.5 Å². The van der Waals surface area contributed by atoms with E-state index in [2.05, 4.69) is 45.9 Å². The highest BCUT2D eigenvalue weighted by Gasteiger charge is 2.45. The number of carbonyl (C=O) groups excluding carboxylic acids is 1. The summed E-state index contributed by atoms with van der Waals surface area (Å²) in [5.41, 5.74) is 3.16. The van der Waals surface area contributed by atoms with E-state index >= 15 is 0 Å². The van der Waals surface area contributed by atoms with Gasteiger partial charge in [-0.1, -0.05) is 15.9 Å². The molecule has 126 valence electrons. The molecule has 2 atom stereocenters. The zero-order chi connectivity index (χ0) is 17.1. The number of ether oxygens (including phenoxy) is 2. The van der Waals surface area contributed by atoms with Gasteiger partial charge in [0.05, 0.1) is 0 Å². The van der Waals surface area contributed by atoms with Crippen LogP contribution in [0.4, 0.5) is 0 Å². The Balaban J connectivity index is 1.45. The Bertz CT molecular complexity index is 1020. The highest BCUT2D eigenvalue weighted by atomic mass is 79.9. The van der Waals surface area contributed by atoms with Crippen LogP contribution >= 0.6 is 15.9 Å². The molecule has 0 radical (unpaired) electrons. The summed E-state index contributed by atoms with van der Waals surface area (Å²) < 4.78 is 13.9. The predicted octanol–water partition coefficient (Wildman–Crippen LogP) is 4.66. The number of Topliss-reactive ketones (excluding diaryl/α,β-unsaturated/α-hetero) is 1. The standard InChI is InChI=1S/C20H16BrNO3/c1-22-9-16(14-7-12(21)3-4-17(14)22)13-8-15(13)20(23)11-2-5-18-19(6-11)25-10-24-18/h2-7,9,13,15H,8,10H2,1H3/t13-,15-/m0/s1. The first-order valence-electron chi connectivity index (χ1n) is 8.30. The lowest BCUT2D eigenvalue weighted by Gasteiger charge is -2.03. The topological polar surface area (TPSA) is 40.5 Å². The summed E-state index contributed by atoms with van der Waals surface area (Å²) in [6.07, 6.45) is 3.06. The number of rotatable bonds is 3. The van der Waals surface area contributed by atoms with Crippen molar-refractivity contribution in [3.05, 3.63) is 58.2 Å². The molecule has 2 heterocycles. The van der Waals surface area contributed by atoms with E-state index in [1.807, 2.05) is 18.2 Å². The lowest BCUT2D eigenvalue weighted by Crippen LogP contribution is -2.03.